The molecule has 2 fully saturated rings. The Labute approximate surface area is 162 Å². The van der Waals surface area contributed by atoms with Crippen LogP contribution in [-0.4, -0.2) is 60.6 Å². The number of benzene rings is 1. The molecule has 2 aliphatic heterocycles. The number of carbonyl (C=O) groups excluding carboxylic acids is 1. The van der Waals surface area contributed by atoms with E-state index < -0.39 is 5.54 Å². The Hall–Kier alpha value is -0.850. The van der Waals surface area contributed by atoms with Crippen molar-refractivity contribution in [1.29, 1.82) is 0 Å². The summed E-state index contributed by atoms with van der Waals surface area (Å²) >= 11 is 0. The molecule has 0 bridgehead atoms. The number of nitrogens with two attached hydrogens (primary N) is 1. The molecule has 0 saturated carbocycles. The lowest BCUT2D eigenvalue weighted by atomic mass is 9.89. The summed E-state index contributed by atoms with van der Waals surface area (Å²) in [5.74, 6) is 0.108. The summed E-state index contributed by atoms with van der Waals surface area (Å²) in [4.78, 5) is 17.1. The van der Waals surface area contributed by atoms with Gasteiger partial charge < -0.3 is 15.4 Å². The lowest BCUT2D eigenvalue weighted by molar-refractivity contribution is -0.142. The number of carbonyl (C=O) groups is 1. The minimum atomic E-state index is -0.712. The number of ether oxygens (including phenoxy) is 1. The van der Waals surface area contributed by atoms with Crippen molar-refractivity contribution in [1.82, 2.24) is 9.80 Å². The minimum Gasteiger partial charge on any atom is -0.381 e. The van der Waals surface area contributed by atoms with Gasteiger partial charge in [-0.05, 0) is 30.9 Å². The van der Waals surface area contributed by atoms with Gasteiger partial charge in [-0.1, -0.05) is 24.3 Å². The van der Waals surface area contributed by atoms with Crippen molar-refractivity contribution in [2.45, 2.75) is 31.8 Å². The van der Waals surface area contributed by atoms with E-state index in [-0.39, 0.29) is 30.7 Å². The summed E-state index contributed by atoms with van der Waals surface area (Å²) in [7, 11) is 0. The largest absolute Gasteiger partial charge is 0.381 e. The Balaban J connectivity index is 0.00000156. The van der Waals surface area contributed by atoms with Gasteiger partial charge in [-0.15, -0.1) is 24.8 Å². The van der Waals surface area contributed by atoms with Crippen LogP contribution in [0.15, 0.2) is 24.3 Å². The van der Waals surface area contributed by atoms with E-state index in [2.05, 4.69) is 36.1 Å². The van der Waals surface area contributed by atoms with Gasteiger partial charge in [0.2, 0.25) is 5.91 Å². The molecule has 142 valence electrons. The Kier molecular flexibility index (Phi) is 8.64. The molecule has 2 saturated heterocycles. The molecule has 1 aromatic rings. The lowest BCUT2D eigenvalue weighted by Crippen LogP contribution is -2.61. The predicted octanol–water partition coefficient (Wildman–Crippen LogP) is 1.99. The van der Waals surface area contributed by atoms with Crippen molar-refractivity contribution in [2.75, 3.05) is 39.4 Å². The standard InChI is InChI=1S/C18H27N3O2.2ClH/c1-15-4-2-3-5-16(15)14-20-8-10-21(11-9-20)17(22)18(19)6-12-23-13-7-18;;/h2-5H,6-14,19H2,1H3;2*1H. The first-order valence-corrected chi connectivity index (χ1v) is 8.51. The highest BCUT2D eigenvalue weighted by atomic mass is 35.5. The normalized spacial score (nSPS) is 20.3. The van der Waals surface area contributed by atoms with Crippen molar-refractivity contribution < 1.29 is 9.53 Å². The summed E-state index contributed by atoms with van der Waals surface area (Å²) < 4.78 is 5.34. The van der Waals surface area contributed by atoms with Crippen LogP contribution in [0.4, 0.5) is 0 Å². The molecule has 3 rings (SSSR count). The number of hydrogen-bond acceptors (Lipinski definition) is 4. The third-order valence-corrected chi connectivity index (χ3v) is 5.13. The maximum atomic E-state index is 12.7. The lowest BCUT2D eigenvalue weighted by Gasteiger charge is -2.41. The molecule has 2 heterocycles. The van der Waals surface area contributed by atoms with Gasteiger partial charge >= 0.3 is 0 Å². The van der Waals surface area contributed by atoms with E-state index >= 15 is 0 Å². The molecule has 7 heteroatoms. The van der Waals surface area contributed by atoms with Gasteiger partial charge in [0.1, 0.15) is 0 Å². The highest BCUT2D eigenvalue weighted by molar-refractivity contribution is 5.86. The SMILES string of the molecule is Cc1ccccc1CN1CCN(C(=O)C2(N)CCOCC2)CC1.Cl.Cl. The topological polar surface area (TPSA) is 58.8 Å². The summed E-state index contributed by atoms with van der Waals surface area (Å²) in [6.07, 6.45) is 1.27. The minimum absolute atomic E-state index is 0. The van der Waals surface area contributed by atoms with Crippen LogP contribution in [-0.2, 0) is 16.1 Å². The van der Waals surface area contributed by atoms with Crippen molar-refractivity contribution in [2.24, 2.45) is 5.73 Å². The van der Waals surface area contributed by atoms with Crippen LogP contribution in [0.5, 0.6) is 0 Å². The summed E-state index contributed by atoms with van der Waals surface area (Å²) in [5.41, 5.74) is 8.31. The Morgan fingerprint density at radius 2 is 1.72 bits per heavy atom. The second-order valence-electron chi connectivity index (χ2n) is 6.76. The monoisotopic (exact) mass is 389 g/mol. The summed E-state index contributed by atoms with van der Waals surface area (Å²) in [6, 6.07) is 8.50. The highest BCUT2D eigenvalue weighted by Crippen LogP contribution is 2.22. The van der Waals surface area contributed by atoms with Gasteiger partial charge in [0.05, 0.1) is 5.54 Å². The average Bonchev–Trinajstić information content (AvgIpc) is 2.58. The van der Waals surface area contributed by atoms with Crippen molar-refractivity contribution in [3.8, 4) is 0 Å². The zero-order valence-electron chi connectivity index (χ0n) is 14.8. The zero-order valence-corrected chi connectivity index (χ0v) is 16.4. The maximum absolute atomic E-state index is 12.7. The van der Waals surface area contributed by atoms with Crippen LogP contribution in [0, 0.1) is 6.92 Å². The van der Waals surface area contributed by atoms with Crippen LogP contribution >= 0.6 is 24.8 Å². The van der Waals surface area contributed by atoms with E-state index in [0.29, 0.717) is 26.1 Å². The van der Waals surface area contributed by atoms with Crippen molar-refractivity contribution in [3.63, 3.8) is 0 Å². The van der Waals surface area contributed by atoms with Gasteiger partial charge in [-0.25, -0.2) is 0 Å². The molecule has 0 spiro atoms. The maximum Gasteiger partial charge on any atom is 0.242 e. The zero-order chi connectivity index (χ0) is 16.3. The number of rotatable bonds is 3. The molecule has 1 aromatic carbocycles. The Morgan fingerprint density at radius 3 is 2.32 bits per heavy atom. The molecule has 2 aliphatic rings. The number of aryl methyl sites for hydroxylation is 1. The number of nitrogens with zero attached hydrogens (tertiary/aromatic N) is 2. The smallest absolute Gasteiger partial charge is 0.242 e. The van der Waals surface area contributed by atoms with Gasteiger partial charge in [-0.2, -0.15) is 0 Å². The summed E-state index contributed by atoms with van der Waals surface area (Å²) in [6.45, 7) is 7.65. The first-order chi connectivity index (χ1) is 11.1. The first-order valence-electron chi connectivity index (χ1n) is 8.51. The van der Waals surface area contributed by atoms with E-state index in [1.807, 2.05) is 4.90 Å². The Bertz CT molecular complexity index is 557. The second kappa shape index (κ2) is 9.74. The van der Waals surface area contributed by atoms with Crippen molar-refractivity contribution >= 4 is 30.7 Å². The molecule has 0 atom stereocenters. The van der Waals surface area contributed by atoms with Gasteiger partial charge in [0, 0.05) is 45.9 Å². The second-order valence-corrected chi connectivity index (χ2v) is 6.76. The summed E-state index contributed by atoms with van der Waals surface area (Å²) in [5, 5.41) is 0. The quantitative estimate of drug-likeness (QED) is 0.858. The van der Waals surface area contributed by atoms with E-state index in [1.54, 1.807) is 0 Å². The van der Waals surface area contributed by atoms with E-state index in [1.165, 1.54) is 11.1 Å². The Morgan fingerprint density at radius 1 is 1.12 bits per heavy atom. The van der Waals surface area contributed by atoms with E-state index in [4.69, 9.17) is 10.5 Å². The fraction of sp³-hybridized carbons (Fsp3) is 0.611. The molecule has 0 aliphatic carbocycles. The van der Waals surface area contributed by atoms with Crippen LogP contribution in [0.3, 0.4) is 0 Å². The third-order valence-electron chi connectivity index (χ3n) is 5.13. The molecular weight excluding hydrogens is 361 g/mol. The van der Waals surface area contributed by atoms with Crippen LogP contribution < -0.4 is 5.73 Å². The molecule has 25 heavy (non-hydrogen) atoms. The molecular formula is C18H29Cl2N3O2. The number of halogens is 2. The molecule has 0 radical (unpaired) electrons. The number of amides is 1. The van der Waals surface area contributed by atoms with Crippen LogP contribution in [0.2, 0.25) is 0 Å². The molecule has 0 aromatic heterocycles. The number of piperazine rings is 1. The predicted molar refractivity (Wildman–Crippen MR) is 105 cm³/mol. The van der Waals surface area contributed by atoms with E-state index in [9.17, 15) is 4.79 Å². The van der Waals surface area contributed by atoms with Crippen LogP contribution in [0.1, 0.15) is 24.0 Å². The third kappa shape index (κ3) is 5.31. The fourth-order valence-electron chi connectivity index (χ4n) is 3.40. The average molecular weight is 390 g/mol. The highest BCUT2D eigenvalue weighted by Gasteiger charge is 2.39. The van der Waals surface area contributed by atoms with Gasteiger partial charge in [0.15, 0.2) is 0 Å². The fourth-order valence-corrected chi connectivity index (χ4v) is 3.40. The van der Waals surface area contributed by atoms with E-state index in [0.717, 1.165) is 32.7 Å². The molecule has 0 unspecified atom stereocenters. The first kappa shape index (κ1) is 22.2. The molecule has 5 nitrogen and oxygen atoms in total. The number of hydrogen-bond donors (Lipinski definition) is 1. The molecule has 1 amide bonds. The van der Waals surface area contributed by atoms with Crippen LogP contribution in [0.25, 0.3) is 0 Å². The van der Waals surface area contributed by atoms with Gasteiger partial charge in [-0.3, -0.25) is 9.69 Å². The molecule has 2 N–H and O–H groups in total. The van der Waals surface area contributed by atoms with Gasteiger partial charge in [0.25, 0.3) is 0 Å². The van der Waals surface area contributed by atoms with Crippen molar-refractivity contribution in [3.05, 3.63) is 35.4 Å².